The lowest BCUT2D eigenvalue weighted by Gasteiger charge is -2.32. The van der Waals surface area contributed by atoms with Gasteiger partial charge in [-0.3, -0.25) is 9.88 Å². The molecule has 4 heterocycles. The number of hydrogen-bond donors (Lipinski definition) is 0. The van der Waals surface area contributed by atoms with E-state index in [1.165, 1.54) is 6.92 Å². The van der Waals surface area contributed by atoms with Crippen LogP contribution in [0.2, 0.25) is 0 Å². The van der Waals surface area contributed by atoms with Crippen molar-refractivity contribution in [2.45, 2.75) is 38.4 Å². The maximum absolute atomic E-state index is 13.6. The van der Waals surface area contributed by atoms with Crippen LogP contribution >= 0.6 is 0 Å². The van der Waals surface area contributed by atoms with Gasteiger partial charge in [-0.1, -0.05) is 5.16 Å². The van der Waals surface area contributed by atoms with E-state index in [4.69, 9.17) is 4.52 Å². The molecule has 3 aromatic rings. The van der Waals surface area contributed by atoms with Crippen LogP contribution in [0, 0.1) is 6.92 Å². The van der Waals surface area contributed by atoms with E-state index < -0.39 is 11.7 Å². The quantitative estimate of drug-likeness (QED) is 0.681. The Morgan fingerprint density at radius 2 is 2.04 bits per heavy atom. The van der Waals surface area contributed by atoms with Gasteiger partial charge in [-0.15, -0.1) is 0 Å². The fourth-order valence-corrected chi connectivity index (χ4v) is 3.77. The molecular weight excluding hydrogens is 357 g/mol. The van der Waals surface area contributed by atoms with Gasteiger partial charge in [0.25, 0.3) is 5.71 Å². The molecule has 0 N–H and O–H groups in total. The number of rotatable bonds is 3. The molecule has 4 rings (SSSR count). The van der Waals surface area contributed by atoms with Gasteiger partial charge in [-0.25, -0.2) is 4.98 Å². The van der Waals surface area contributed by atoms with E-state index in [1.54, 1.807) is 12.4 Å². The van der Waals surface area contributed by atoms with Gasteiger partial charge in [-0.05, 0) is 50.1 Å². The van der Waals surface area contributed by atoms with Crippen molar-refractivity contribution in [3.05, 3.63) is 53.1 Å². The maximum atomic E-state index is 13.6. The molecule has 0 aromatic carbocycles. The van der Waals surface area contributed by atoms with E-state index in [0.717, 1.165) is 37.6 Å². The number of nitrogens with zero attached hydrogens (tertiary/aromatic N) is 4. The fraction of sp³-hybridized carbons (Fsp3) is 0.421. The molecule has 0 amide bonds. The van der Waals surface area contributed by atoms with Crippen molar-refractivity contribution in [1.29, 1.82) is 0 Å². The molecule has 0 bridgehead atoms. The van der Waals surface area contributed by atoms with Crippen molar-refractivity contribution in [2.75, 3.05) is 13.1 Å². The average Bonchev–Trinajstić information content (AvgIpc) is 3.05. The molecular formula is C19H19F3N4O. The zero-order valence-electron chi connectivity index (χ0n) is 14.8. The molecule has 1 fully saturated rings. The number of alkyl halides is 3. The molecule has 142 valence electrons. The number of hydrogen-bond acceptors (Lipinski definition) is 5. The van der Waals surface area contributed by atoms with Crippen LogP contribution in [0.3, 0.4) is 0 Å². The Balaban J connectivity index is 1.66. The first-order valence-corrected chi connectivity index (χ1v) is 8.87. The Morgan fingerprint density at radius 1 is 1.26 bits per heavy atom. The zero-order valence-corrected chi connectivity index (χ0v) is 14.8. The minimum Gasteiger partial charge on any atom is -0.336 e. The van der Waals surface area contributed by atoms with Crippen LogP contribution in [0.15, 0.2) is 35.1 Å². The highest BCUT2D eigenvalue weighted by molar-refractivity contribution is 5.81. The Labute approximate surface area is 154 Å². The van der Waals surface area contributed by atoms with Crippen LogP contribution in [0.1, 0.15) is 41.3 Å². The number of piperidine rings is 1. The minimum atomic E-state index is -4.47. The van der Waals surface area contributed by atoms with Crippen molar-refractivity contribution in [1.82, 2.24) is 20.0 Å². The molecule has 0 aliphatic carbocycles. The number of halogens is 3. The molecule has 5 nitrogen and oxygen atoms in total. The highest BCUT2D eigenvalue weighted by Gasteiger charge is 2.37. The molecule has 1 aliphatic rings. The van der Waals surface area contributed by atoms with Crippen LogP contribution in [0.4, 0.5) is 13.2 Å². The van der Waals surface area contributed by atoms with Crippen LogP contribution in [0.25, 0.3) is 11.1 Å². The van der Waals surface area contributed by atoms with Gasteiger partial charge in [0.2, 0.25) is 0 Å². The van der Waals surface area contributed by atoms with E-state index >= 15 is 0 Å². The Hall–Kier alpha value is -2.48. The minimum absolute atomic E-state index is 0.00358. The lowest BCUT2D eigenvalue weighted by Crippen LogP contribution is -2.34. The number of aryl methyl sites for hydroxylation is 1. The highest BCUT2D eigenvalue weighted by atomic mass is 19.4. The Morgan fingerprint density at radius 3 is 2.78 bits per heavy atom. The first-order chi connectivity index (χ1) is 12.9. The summed E-state index contributed by atoms with van der Waals surface area (Å²) < 4.78 is 45.9. The third-order valence-corrected chi connectivity index (χ3v) is 4.95. The second-order valence-electron chi connectivity index (χ2n) is 6.99. The van der Waals surface area contributed by atoms with E-state index in [9.17, 15) is 13.2 Å². The number of aromatic nitrogens is 3. The van der Waals surface area contributed by atoms with E-state index in [-0.39, 0.29) is 22.7 Å². The number of likely N-dealkylation sites (tertiary alicyclic amines) is 1. The van der Waals surface area contributed by atoms with Crippen LogP contribution < -0.4 is 0 Å². The monoisotopic (exact) mass is 376 g/mol. The molecule has 3 aromatic heterocycles. The average molecular weight is 376 g/mol. The van der Waals surface area contributed by atoms with Crippen molar-refractivity contribution in [3.8, 4) is 0 Å². The summed E-state index contributed by atoms with van der Waals surface area (Å²) in [6.07, 6.45) is 0.680. The van der Waals surface area contributed by atoms with Gasteiger partial charge in [0.15, 0.2) is 0 Å². The second-order valence-corrected chi connectivity index (χ2v) is 6.99. The van der Waals surface area contributed by atoms with Gasteiger partial charge < -0.3 is 4.52 Å². The Kier molecular flexibility index (Phi) is 4.59. The third kappa shape index (κ3) is 3.66. The standard InChI is InChI=1S/C19H19F3N4O/c1-12-9-15(19(20,21)22)16-17(25-27-18(16)24-12)14-3-2-8-26(11-14)10-13-4-6-23-7-5-13/h4-7,9,14H,2-3,8,10-11H2,1H3. The second kappa shape index (κ2) is 6.92. The maximum Gasteiger partial charge on any atom is 0.417 e. The van der Waals surface area contributed by atoms with Gasteiger partial charge in [0, 0.05) is 37.1 Å². The molecule has 1 atom stereocenters. The predicted molar refractivity (Wildman–Crippen MR) is 93.0 cm³/mol. The summed E-state index contributed by atoms with van der Waals surface area (Å²) in [5.74, 6) is -0.118. The smallest absolute Gasteiger partial charge is 0.336 e. The molecule has 1 unspecified atom stereocenters. The first kappa shape index (κ1) is 17.9. The summed E-state index contributed by atoms with van der Waals surface area (Å²) in [5, 5.41) is 4.01. The molecule has 1 aliphatic heterocycles. The third-order valence-electron chi connectivity index (χ3n) is 4.95. The fourth-order valence-electron chi connectivity index (χ4n) is 3.77. The van der Waals surface area contributed by atoms with Crippen LogP contribution in [-0.2, 0) is 12.7 Å². The summed E-state index contributed by atoms with van der Waals surface area (Å²) in [6.45, 7) is 3.79. The summed E-state index contributed by atoms with van der Waals surface area (Å²) in [7, 11) is 0. The summed E-state index contributed by atoms with van der Waals surface area (Å²) in [5.41, 5.74) is 1.00. The van der Waals surface area contributed by atoms with Gasteiger partial charge in [0.05, 0.1) is 16.6 Å². The van der Waals surface area contributed by atoms with Crippen molar-refractivity contribution in [2.24, 2.45) is 0 Å². The van der Waals surface area contributed by atoms with Crippen molar-refractivity contribution < 1.29 is 17.7 Å². The summed E-state index contributed by atoms with van der Waals surface area (Å²) in [4.78, 5) is 10.4. The van der Waals surface area contributed by atoms with Gasteiger partial charge >= 0.3 is 6.18 Å². The summed E-state index contributed by atoms with van der Waals surface area (Å²) >= 11 is 0. The van der Waals surface area contributed by atoms with Gasteiger partial charge in [-0.2, -0.15) is 13.2 Å². The van der Waals surface area contributed by atoms with E-state index in [2.05, 4.69) is 20.0 Å². The van der Waals surface area contributed by atoms with Crippen LogP contribution in [-0.4, -0.2) is 33.1 Å². The molecule has 8 heteroatoms. The Bertz CT molecular complexity index is 939. The number of pyridine rings is 2. The first-order valence-electron chi connectivity index (χ1n) is 8.87. The zero-order chi connectivity index (χ0) is 19.0. The molecule has 0 radical (unpaired) electrons. The normalized spacial score (nSPS) is 18.9. The highest BCUT2D eigenvalue weighted by Crippen LogP contribution is 2.40. The SMILES string of the molecule is Cc1cc(C(F)(F)F)c2c(C3CCCN(Cc4ccncc4)C3)noc2n1. The number of fused-ring (bicyclic) bond motifs is 1. The topological polar surface area (TPSA) is 55.1 Å². The summed E-state index contributed by atoms with van der Waals surface area (Å²) in [6, 6.07) is 4.97. The molecule has 0 saturated carbocycles. The predicted octanol–water partition coefficient (Wildman–Crippen LogP) is 4.32. The molecule has 1 saturated heterocycles. The molecule has 0 spiro atoms. The lowest BCUT2D eigenvalue weighted by atomic mass is 9.91. The van der Waals surface area contributed by atoms with Gasteiger partial charge in [0.1, 0.15) is 0 Å². The molecule has 27 heavy (non-hydrogen) atoms. The largest absolute Gasteiger partial charge is 0.417 e. The van der Waals surface area contributed by atoms with Crippen molar-refractivity contribution in [3.63, 3.8) is 0 Å². The van der Waals surface area contributed by atoms with E-state index in [0.29, 0.717) is 12.2 Å². The van der Waals surface area contributed by atoms with Crippen molar-refractivity contribution >= 4 is 11.1 Å². The lowest BCUT2D eigenvalue weighted by molar-refractivity contribution is -0.136. The van der Waals surface area contributed by atoms with Crippen LogP contribution in [0.5, 0.6) is 0 Å². The van der Waals surface area contributed by atoms with E-state index in [1.807, 2.05) is 12.1 Å².